The Hall–Kier alpha value is -0.340. The van der Waals surface area contributed by atoms with Crippen molar-refractivity contribution in [1.29, 1.82) is 0 Å². The van der Waals surface area contributed by atoms with Gasteiger partial charge in [-0.1, -0.05) is 26.0 Å². The average Bonchev–Trinajstić information content (AvgIpc) is 2.70. The van der Waals surface area contributed by atoms with Crippen LogP contribution >= 0.6 is 0 Å². The summed E-state index contributed by atoms with van der Waals surface area (Å²) in [7, 11) is 0. The van der Waals surface area contributed by atoms with Crippen molar-refractivity contribution < 1.29 is 10.2 Å². The van der Waals surface area contributed by atoms with E-state index in [1.165, 1.54) is 32.1 Å². The molecular weight excluding hydrogens is 272 g/mol. The van der Waals surface area contributed by atoms with Crippen molar-refractivity contribution in [2.45, 2.75) is 77.4 Å². The highest BCUT2D eigenvalue weighted by molar-refractivity contribution is 5.18. The summed E-state index contributed by atoms with van der Waals surface area (Å²) in [6.45, 7) is 6.89. The lowest BCUT2D eigenvalue weighted by Gasteiger charge is -2.60. The summed E-state index contributed by atoms with van der Waals surface area (Å²) in [5, 5.41) is 20.9. The van der Waals surface area contributed by atoms with Crippen LogP contribution in [0.1, 0.15) is 65.7 Å². The Labute approximate surface area is 135 Å². The number of hydrogen-bond donors (Lipinski definition) is 2. The van der Waals surface area contributed by atoms with Crippen LogP contribution in [-0.2, 0) is 0 Å². The predicted molar refractivity (Wildman–Crippen MR) is 88.3 cm³/mol. The van der Waals surface area contributed by atoms with E-state index in [1.807, 2.05) is 0 Å². The highest BCUT2D eigenvalue weighted by Gasteiger charge is 2.62. The van der Waals surface area contributed by atoms with Crippen molar-refractivity contribution in [2.75, 3.05) is 0 Å². The van der Waals surface area contributed by atoms with Crippen molar-refractivity contribution in [2.24, 2.45) is 34.5 Å². The molecule has 3 fully saturated rings. The minimum atomic E-state index is -0.473. The van der Waals surface area contributed by atoms with Gasteiger partial charge in [-0.2, -0.15) is 0 Å². The maximum Gasteiger partial charge on any atom is 0.0724 e. The molecule has 0 radical (unpaired) electrons. The average molecular weight is 304 g/mol. The summed E-state index contributed by atoms with van der Waals surface area (Å²) in [6.07, 6.45) is 12.3. The fourth-order valence-electron chi connectivity index (χ4n) is 7.03. The highest BCUT2D eigenvalue weighted by Crippen LogP contribution is 2.67. The van der Waals surface area contributed by atoms with Crippen LogP contribution in [0.25, 0.3) is 0 Å². The molecule has 4 rings (SSSR count). The molecule has 0 aliphatic heterocycles. The predicted octanol–water partition coefficient (Wildman–Crippen LogP) is 3.92. The first-order chi connectivity index (χ1) is 10.3. The zero-order chi connectivity index (χ0) is 15.8. The lowest BCUT2D eigenvalue weighted by atomic mass is 9.45. The van der Waals surface area contributed by atoms with Gasteiger partial charge >= 0.3 is 0 Å². The van der Waals surface area contributed by atoms with E-state index in [0.29, 0.717) is 11.8 Å². The van der Waals surface area contributed by atoms with E-state index in [4.69, 9.17) is 0 Å². The molecule has 4 aliphatic rings. The van der Waals surface area contributed by atoms with E-state index >= 15 is 0 Å². The molecule has 0 spiro atoms. The Morgan fingerprint density at radius 1 is 0.955 bits per heavy atom. The SMILES string of the molecule is CC12C=C[C@@H](O)C[C@H]1CCC1C2CCC2(C)C1CC[C@@]2(C)O. The summed E-state index contributed by atoms with van der Waals surface area (Å²) in [5.74, 6) is 2.87. The Bertz CT molecular complexity index is 496. The fourth-order valence-corrected chi connectivity index (χ4v) is 7.03. The second kappa shape index (κ2) is 4.60. The largest absolute Gasteiger partial charge is 0.390 e. The van der Waals surface area contributed by atoms with Crippen LogP contribution in [0.15, 0.2) is 12.2 Å². The van der Waals surface area contributed by atoms with Crippen molar-refractivity contribution in [1.82, 2.24) is 0 Å². The minimum absolute atomic E-state index is 0.120. The standard InChI is InChI=1S/C20H32O2/c1-18-9-6-14(21)12-13(18)4-5-15-16(18)7-10-19(2)17(15)8-11-20(19,3)22/h6,9,13-17,21-22H,4-5,7-8,10-12H2,1-3H3/t13-,14-,15?,16?,17?,18?,19?,20-/m1/s1. The quantitative estimate of drug-likeness (QED) is 0.666. The smallest absolute Gasteiger partial charge is 0.0724 e. The number of aliphatic hydroxyl groups excluding tert-OH is 1. The molecular formula is C20H32O2. The van der Waals surface area contributed by atoms with Crippen LogP contribution < -0.4 is 0 Å². The second-order valence-corrected chi connectivity index (χ2v) is 9.45. The van der Waals surface area contributed by atoms with E-state index in [-0.39, 0.29) is 16.9 Å². The number of hydrogen-bond acceptors (Lipinski definition) is 2. The topological polar surface area (TPSA) is 40.5 Å². The van der Waals surface area contributed by atoms with Gasteiger partial charge in [0.05, 0.1) is 11.7 Å². The van der Waals surface area contributed by atoms with Gasteiger partial charge in [-0.3, -0.25) is 0 Å². The van der Waals surface area contributed by atoms with Crippen LogP contribution in [0, 0.1) is 34.5 Å². The van der Waals surface area contributed by atoms with Gasteiger partial charge in [-0.05, 0) is 86.4 Å². The van der Waals surface area contributed by atoms with Crippen molar-refractivity contribution >= 4 is 0 Å². The van der Waals surface area contributed by atoms with Crippen molar-refractivity contribution in [3.63, 3.8) is 0 Å². The van der Waals surface area contributed by atoms with E-state index in [9.17, 15) is 10.2 Å². The molecule has 2 N–H and O–H groups in total. The van der Waals surface area contributed by atoms with E-state index in [2.05, 4.69) is 32.9 Å². The van der Waals surface area contributed by atoms with E-state index in [1.54, 1.807) is 0 Å². The molecule has 0 aromatic heterocycles. The Morgan fingerprint density at radius 3 is 2.45 bits per heavy atom. The lowest BCUT2D eigenvalue weighted by Crippen LogP contribution is -2.55. The van der Waals surface area contributed by atoms with Crippen LogP contribution in [-0.4, -0.2) is 21.9 Å². The molecule has 0 bridgehead atoms. The molecule has 5 unspecified atom stereocenters. The molecule has 4 aliphatic carbocycles. The fraction of sp³-hybridized carbons (Fsp3) is 0.900. The molecule has 0 amide bonds. The number of rotatable bonds is 0. The third-order valence-electron chi connectivity index (χ3n) is 8.73. The molecule has 22 heavy (non-hydrogen) atoms. The Morgan fingerprint density at radius 2 is 1.68 bits per heavy atom. The van der Waals surface area contributed by atoms with Gasteiger partial charge in [0.15, 0.2) is 0 Å². The molecule has 3 saturated carbocycles. The number of fused-ring (bicyclic) bond motifs is 5. The Balaban J connectivity index is 1.68. The Kier molecular flexibility index (Phi) is 3.18. The minimum Gasteiger partial charge on any atom is -0.390 e. The monoisotopic (exact) mass is 304 g/mol. The van der Waals surface area contributed by atoms with Gasteiger partial charge in [0.2, 0.25) is 0 Å². The van der Waals surface area contributed by atoms with Crippen LogP contribution in [0.4, 0.5) is 0 Å². The second-order valence-electron chi connectivity index (χ2n) is 9.45. The van der Waals surface area contributed by atoms with Gasteiger partial charge in [0, 0.05) is 0 Å². The molecule has 2 nitrogen and oxygen atoms in total. The summed E-state index contributed by atoms with van der Waals surface area (Å²) in [6, 6.07) is 0. The van der Waals surface area contributed by atoms with Gasteiger partial charge in [0.25, 0.3) is 0 Å². The molecule has 0 heterocycles. The van der Waals surface area contributed by atoms with E-state index in [0.717, 1.165) is 24.7 Å². The third kappa shape index (κ3) is 1.80. The van der Waals surface area contributed by atoms with Gasteiger partial charge in [-0.15, -0.1) is 0 Å². The summed E-state index contributed by atoms with van der Waals surface area (Å²) >= 11 is 0. The molecule has 0 aromatic carbocycles. The van der Waals surface area contributed by atoms with Crippen LogP contribution in [0.5, 0.6) is 0 Å². The summed E-state index contributed by atoms with van der Waals surface area (Å²) in [5.41, 5.74) is -0.0772. The lowest BCUT2D eigenvalue weighted by molar-refractivity contribution is -0.131. The molecule has 2 heteroatoms. The van der Waals surface area contributed by atoms with Gasteiger partial charge in [-0.25, -0.2) is 0 Å². The maximum atomic E-state index is 10.9. The normalized spacial score (nSPS) is 60.5. The van der Waals surface area contributed by atoms with Gasteiger partial charge < -0.3 is 10.2 Å². The zero-order valence-corrected chi connectivity index (χ0v) is 14.4. The van der Waals surface area contributed by atoms with Crippen LogP contribution in [0.3, 0.4) is 0 Å². The zero-order valence-electron chi connectivity index (χ0n) is 14.4. The van der Waals surface area contributed by atoms with E-state index < -0.39 is 5.60 Å². The van der Waals surface area contributed by atoms with Crippen molar-refractivity contribution in [3.8, 4) is 0 Å². The first kappa shape index (κ1) is 15.2. The molecule has 0 saturated heterocycles. The first-order valence-corrected chi connectivity index (χ1v) is 9.38. The molecule has 124 valence electrons. The third-order valence-corrected chi connectivity index (χ3v) is 8.73. The van der Waals surface area contributed by atoms with Crippen LogP contribution in [0.2, 0.25) is 0 Å². The first-order valence-electron chi connectivity index (χ1n) is 9.38. The molecule has 0 aromatic rings. The summed E-state index contributed by atoms with van der Waals surface area (Å²) < 4.78 is 0. The number of aliphatic hydroxyl groups is 2. The number of allylic oxidation sites excluding steroid dienone is 1. The molecule has 8 atom stereocenters. The summed E-state index contributed by atoms with van der Waals surface area (Å²) in [4.78, 5) is 0. The van der Waals surface area contributed by atoms with Gasteiger partial charge in [0.1, 0.15) is 0 Å². The maximum absolute atomic E-state index is 10.9. The highest BCUT2D eigenvalue weighted by atomic mass is 16.3. The van der Waals surface area contributed by atoms with Crippen molar-refractivity contribution in [3.05, 3.63) is 12.2 Å².